The molecule has 0 aliphatic carbocycles. The van der Waals surface area contributed by atoms with Crippen molar-refractivity contribution in [1.82, 2.24) is 0 Å². The third-order valence-electron chi connectivity index (χ3n) is 2.03. The van der Waals surface area contributed by atoms with Crippen LogP contribution in [0, 0.1) is 5.82 Å². The minimum absolute atomic E-state index is 0.134. The monoisotopic (exact) mass is 216 g/mol. The van der Waals surface area contributed by atoms with Crippen molar-refractivity contribution < 1.29 is 13.7 Å². The summed E-state index contributed by atoms with van der Waals surface area (Å²) < 4.78 is 24.7. The maximum atomic E-state index is 13.2. The summed E-state index contributed by atoms with van der Waals surface area (Å²) in [5.74, 6) is -0.151. The molecular formula is C10H13FO2S. The molecule has 0 amide bonds. The second-order valence-electron chi connectivity index (χ2n) is 2.97. The molecule has 0 aromatic heterocycles. The zero-order valence-electron chi connectivity index (χ0n) is 7.94. The summed E-state index contributed by atoms with van der Waals surface area (Å²) in [5.41, 5.74) is 0.444. The molecule has 0 aliphatic rings. The van der Waals surface area contributed by atoms with Gasteiger partial charge in [-0.05, 0) is 13.0 Å². The highest BCUT2D eigenvalue weighted by molar-refractivity contribution is 7.85. The van der Waals surface area contributed by atoms with Crippen LogP contribution in [0.4, 0.5) is 4.39 Å². The average molecular weight is 216 g/mol. The lowest BCUT2D eigenvalue weighted by molar-refractivity contribution is 0.321. The van der Waals surface area contributed by atoms with Crippen LogP contribution in [0.1, 0.15) is 17.7 Å². The van der Waals surface area contributed by atoms with E-state index in [1.165, 1.54) is 6.07 Å². The molecule has 4 heteroatoms. The zero-order valence-corrected chi connectivity index (χ0v) is 8.76. The lowest BCUT2D eigenvalue weighted by atomic mass is 10.1. The summed E-state index contributed by atoms with van der Waals surface area (Å²) in [6, 6.07) is 6.28. The Balaban J connectivity index is 2.84. The fraction of sp³-hybridized carbons (Fsp3) is 0.400. The summed E-state index contributed by atoms with van der Waals surface area (Å²) in [4.78, 5) is 0. The highest BCUT2D eigenvalue weighted by atomic mass is 32.2. The van der Waals surface area contributed by atoms with Crippen molar-refractivity contribution in [2.75, 3.05) is 12.4 Å². The molecule has 1 N–H and O–H groups in total. The van der Waals surface area contributed by atoms with Crippen LogP contribution < -0.4 is 0 Å². The van der Waals surface area contributed by atoms with Crippen LogP contribution in [-0.2, 0) is 10.8 Å². The zero-order chi connectivity index (χ0) is 10.6. The lowest BCUT2D eigenvalue weighted by Crippen LogP contribution is -2.10. The Labute approximate surface area is 85.2 Å². The van der Waals surface area contributed by atoms with Gasteiger partial charge in [-0.15, -0.1) is 0 Å². The number of aliphatic hydroxyl groups excluding tert-OH is 1. The molecule has 78 valence electrons. The molecule has 0 aliphatic heterocycles. The molecule has 2 unspecified atom stereocenters. The lowest BCUT2D eigenvalue weighted by Gasteiger charge is -2.11. The van der Waals surface area contributed by atoms with Crippen LogP contribution in [0.15, 0.2) is 24.3 Å². The molecule has 0 heterocycles. The van der Waals surface area contributed by atoms with Gasteiger partial charge >= 0.3 is 0 Å². The largest absolute Gasteiger partial charge is 0.395 e. The minimum Gasteiger partial charge on any atom is -0.395 e. The molecule has 0 fully saturated rings. The van der Waals surface area contributed by atoms with E-state index in [1.54, 1.807) is 25.1 Å². The summed E-state index contributed by atoms with van der Waals surface area (Å²) >= 11 is 0. The van der Waals surface area contributed by atoms with Crippen molar-refractivity contribution in [3.63, 3.8) is 0 Å². The molecule has 2 atom stereocenters. The highest BCUT2D eigenvalue weighted by Crippen LogP contribution is 2.21. The van der Waals surface area contributed by atoms with E-state index in [4.69, 9.17) is 5.11 Å². The second kappa shape index (κ2) is 5.22. The molecular weight excluding hydrogens is 203 g/mol. The van der Waals surface area contributed by atoms with E-state index in [0.717, 1.165) is 0 Å². The van der Waals surface area contributed by atoms with Crippen LogP contribution in [0.5, 0.6) is 0 Å². The van der Waals surface area contributed by atoms with Crippen LogP contribution in [0.3, 0.4) is 0 Å². The van der Waals surface area contributed by atoms with Gasteiger partial charge in [-0.3, -0.25) is 4.21 Å². The topological polar surface area (TPSA) is 37.3 Å². The third-order valence-corrected chi connectivity index (χ3v) is 3.66. The number of hydrogen-bond acceptors (Lipinski definition) is 2. The van der Waals surface area contributed by atoms with Gasteiger partial charge in [-0.2, -0.15) is 0 Å². The first kappa shape index (κ1) is 11.3. The Morgan fingerprint density at radius 2 is 2.14 bits per heavy atom. The number of hydrogen-bond donors (Lipinski definition) is 1. The van der Waals surface area contributed by atoms with E-state index in [2.05, 4.69) is 0 Å². The van der Waals surface area contributed by atoms with Crippen molar-refractivity contribution in [2.24, 2.45) is 0 Å². The van der Waals surface area contributed by atoms with Crippen molar-refractivity contribution in [3.05, 3.63) is 35.6 Å². The smallest absolute Gasteiger partial charge is 0.127 e. The molecule has 1 rings (SSSR count). The molecule has 1 aromatic rings. The second-order valence-corrected chi connectivity index (χ2v) is 4.85. The van der Waals surface area contributed by atoms with Gasteiger partial charge in [0.2, 0.25) is 0 Å². The SMILES string of the molecule is CC(c1ccccc1F)S(=O)CCO. The van der Waals surface area contributed by atoms with Crippen molar-refractivity contribution in [1.29, 1.82) is 0 Å². The third kappa shape index (κ3) is 2.62. The van der Waals surface area contributed by atoms with Gasteiger partial charge in [0.15, 0.2) is 0 Å². The van der Waals surface area contributed by atoms with E-state index < -0.39 is 10.8 Å². The summed E-state index contributed by atoms with van der Waals surface area (Å²) in [6.07, 6.45) is 0. The predicted octanol–water partition coefficient (Wildman–Crippen LogP) is 1.63. The first-order valence-corrected chi connectivity index (χ1v) is 5.77. The Hall–Kier alpha value is -0.740. The normalized spacial score (nSPS) is 15.1. The molecule has 0 saturated heterocycles. The van der Waals surface area contributed by atoms with Gasteiger partial charge in [0, 0.05) is 22.1 Å². The summed E-state index contributed by atoms with van der Waals surface area (Å²) in [5, 5.41) is 8.24. The van der Waals surface area contributed by atoms with Gasteiger partial charge in [-0.1, -0.05) is 18.2 Å². The number of rotatable bonds is 4. The van der Waals surface area contributed by atoms with E-state index in [-0.39, 0.29) is 23.4 Å². The van der Waals surface area contributed by atoms with Crippen LogP contribution in [-0.4, -0.2) is 21.7 Å². The maximum Gasteiger partial charge on any atom is 0.127 e. The quantitative estimate of drug-likeness (QED) is 0.830. The van der Waals surface area contributed by atoms with E-state index in [0.29, 0.717) is 5.56 Å². The minimum atomic E-state index is -1.22. The van der Waals surface area contributed by atoms with Crippen molar-refractivity contribution >= 4 is 10.8 Å². The predicted molar refractivity (Wildman–Crippen MR) is 54.9 cm³/mol. The number of halogens is 1. The van der Waals surface area contributed by atoms with Gasteiger partial charge in [0.1, 0.15) is 5.82 Å². The molecule has 0 bridgehead atoms. The fourth-order valence-electron chi connectivity index (χ4n) is 1.21. The Morgan fingerprint density at radius 3 is 2.71 bits per heavy atom. The van der Waals surface area contributed by atoms with Crippen molar-refractivity contribution in [2.45, 2.75) is 12.2 Å². The first-order chi connectivity index (χ1) is 6.66. The Morgan fingerprint density at radius 1 is 1.50 bits per heavy atom. The molecule has 14 heavy (non-hydrogen) atoms. The summed E-state index contributed by atoms with van der Waals surface area (Å²) in [6.45, 7) is 1.57. The van der Waals surface area contributed by atoms with Crippen LogP contribution in [0.25, 0.3) is 0 Å². The molecule has 1 aromatic carbocycles. The standard InChI is InChI=1S/C10H13FO2S/c1-8(14(13)7-6-12)9-4-2-3-5-10(9)11/h2-5,8,12H,6-7H2,1H3. The average Bonchev–Trinajstić information content (AvgIpc) is 2.18. The molecule has 0 saturated carbocycles. The van der Waals surface area contributed by atoms with Gasteiger partial charge in [-0.25, -0.2) is 4.39 Å². The Bertz CT molecular complexity index is 328. The fourth-order valence-corrected chi connectivity index (χ4v) is 2.22. The van der Waals surface area contributed by atoms with Gasteiger partial charge < -0.3 is 5.11 Å². The highest BCUT2D eigenvalue weighted by Gasteiger charge is 2.15. The van der Waals surface area contributed by atoms with Gasteiger partial charge in [0.05, 0.1) is 11.9 Å². The maximum absolute atomic E-state index is 13.2. The van der Waals surface area contributed by atoms with E-state index in [9.17, 15) is 8.60 Å². The van der Waals surface area contributed by atoms with E-state index >= 15 is 0 Å². The molecule has 0 spiro atoms. The number of aliphatic hydroxyl groups is 1. The molecule has 0 radical (unpaired) electrons. The van der Waals surface area contributed by atoms with Crippen LogP contribution >= 0.6 is 0 Å². The first-order valence-electron chi connectivity index (χ1n) is 4.39. The number of benzene rings is 1. The van der Waals surface area contributed by atoms with E-state index in [1.807, 2.05) is 0 Å². The Kier molecular flexibility index (Phi) is 4.22. The van der Waals surface area contributed by atoms with Crippen molar-refractivity contribution in [3.8, 4) is 0 Å². The van der Waals surface area contributed by atoms with Crippen LogP contribution in [0.2, 0.25) is 0 Å². The van der Waals surface area contributed by atoms with Gasteiger partial charge in [0.25, 0.3) is 0 Å². The summed E-state index contributed by atoms with van der Waals surface area (Å²) in [7, 11) is -1.22. The molecule has 2 nitrogen and oxygen atoms in total.